The fraction of sp³-hybridized carbons (Fsp3) is 0.375. The number of aromatic nitrogens is 3. The standard InChI is InChI=1S/C16H20N6O2/c1-23-11-7-9-10(8-12(11)24-2)19-14-13(9)15(21-16(17)20-14)22-5-3-18-4-6-22/h7-8,18H,3-6H2,1-2H3,(H3,17,19,20,21). The van der Waals surface area contributed by atoms with Crippen molar-refractivity contribution in [2.24, 2.45) is 0 Å². The number of benzene rings is 1. The molecule has 2 aromatic heterocycles. The van der Waals surface area contributed by atoms with Crippen molar-refractivity contribution in [1.29, 1.82) is 0 Å². The van der Waals surface area contributed by atoms with E-state index in [9.17, 15) is 0 Å². The number of nitrogens with zero attached hydrogens (tertiary/aromatic N) is 3. The molecule has 0 radical (unpaired) electrons. The highest BCUT2D eigenvalue weighted by atomic mass is 16.5. The summed E-state index contributed by atoms with van der Waals surface area (Å²) in [5.41, 5.74) is 7.57. The highest BCUT2D eigenvalue weighted by molar-refractivity contribution is 6.12. The molecule has 1 aliphatic rings. The Hall–Kier alpha value is -2.74. The van der Waals surface area contributed by atoms with Crippen LogP contribution in [0.2, 0.25) is 0 Å². The lowest BCUT2D eigenvalue weighted by Gasteiger charge is -2.29. The van der Waals surface area contributed by atoms with E-state index in [-0.39, 0.29) is 5.95 Å². The van der Waals surface area contributed by atoms with Gasteiger partial charge in [-0.3, -0.25) is 0 Å². The van der Waals surface area contributed by atoms with Crippen molar-refractivity contribution in [2.75, 3.05) is 51.0 Å². The summed E-state index contributed by atoms with van der Waals surface area (Å²) in [6.07, 6.45) is 0. The van der Waals surface area contributed by atoms with Gasteiger partial charge in [0.05, 0.1) is 25.1 Å². The van der Waals surface area contributed by atoms with E-state index in [2.05, 4.69) is 25.2 Å². The summed E-state index contributed by atoms with van der Waals surface area (Å²) < 4.78 is 10.8. The van der Waals surface area contributed by atoms with E-state index >= 15 is 0 Å². The Morgan fingerprint density at radius 2 is 1.79 bits per heavy atom. The monoisotopic (exact) mass is 328 g/mol. The average molecular weight is 328 g/mol. The van der Waals surface area contributed by atoms with Crippen LogP contribution in [0.15, 0.2) is 12.1 Å². The molecular weight excluding hydrogens is 308 g/mol. The third kappa shape index (κ3) is 2.26. The Morgan fingerprint density at radius 3 is 2.50 bits per heavy atom. The molecule has 0 bridgehead atoms. The maximum Gasteiger partial charge on any atom is 0.223 e. The number of anilines is 2. The topological polar surface area (TPSA) is 101 Å². The first kappa shape index (κ1) is 14.8. The Balaban J connectivity index is 2.00. The lowest BCUT2D eigenvalue weighted by Crippen LogP contribution is -2.44. The second-order valence-corrected chi connectivity index (χ2v) is 5.74. The minimum atomic E-state index is 0.265. The molecule has 4 rings (SSSR count). The zero-order chi connectivity index (χ0) is 16.7. The molecule has 8 nitrogen and oxygen atoms in total. The summed E-state index contributed by atoms with van der Waals surface area (Å²) in [5.74, 6) is 2.47. The Bertz CT molecular complexity index is 901. The Morgan fingerprint density at radius 1 is 1.08 bits per heavy atom. The van der Waals surface area contributed by atoms with Crippen LogP contribution in [-0.2, 0) is 0 Å². The predicted molar refractivity (Wildman–Crippen MR) is 94.0 cm³/mol. The van der Waals surface area contributed by atoms with Crippen molar-refractivity contribution >= 4 is 33.7 Å². The average Bonchev–Trinajstić information content (AvgIpc) is 2.97. The minimum absolute atomic E-state index is 0.265. The number of hydrogen-bond acceptors (Lipinski definition) is 7. The number of aromatic amines is 1. The van der Waals surface area contributed by atoms with Gasteiger partial charge in [0.25, 0.3) is 0 Å². The van der Waals surface area contributed by atoms with E-state index < -0.39 is 0 Å². The summed E-state index contributed by atoms with van der Waals surface area (Å²) in [6, 6.07) is 3.87. The third-order valence-electron chi connectivity index (χ3n) is 4.37. The normalized spacial score (nSPS) is 15.2. The summed E-state index contributed by atoms with van der Waals surface area (Å²) in [6.45, 7) is 3.60. The second kappa shape index (κ2) is 5.72. The molecule has 3 aromatic rings. The zero-order valence-corrected chi connectivity index (χ0v) is 13.7. The van der Waals surface area contributed by atoms with E-state index in [0.717, 1.165) is 53.9 Å². The van der Waals surface area contributed by atoms with Crippen molar-refractivity contribution in [3.05, 3.63) is 12.1 Å². The molecule has 24 heavy (non-hydrogen) atoms. The molecule has 3 heterocycles. The molecule has 1 saturated heterocycles. The van der Waals surface area contributed by atoms with Crippen LogP contribution >= 0.6 is 0 Å². The fourth-order valence-electron chi connectivity index (χ4n) is 3.23. The quantitative estimate of drug-likeness (QED) is 0.662. The molecule has 0 spiro atoms. The first-order valence-corrected chi connectivity index (χ1v) is 7.88. The largest absolute Gasteiger partial charge is 0.493 e. The first-order valence-electron chi connectivity index (χ1n) is 7.88. The van der Waals surface area contributed by atoms with E-state index in [4.69, 9.17) is 15.2 Å². The molecule has 0 atom stereocenters. The van der Waals surface area contributed by atoms with Crippen molar-refractivity contribution < 1.29 is 9.47 Å². The van der Waals surface area contributed by atoms with E-state index in [0.29, 0.717) is 11.5 Å². The second-order valence-electron chi connectivity index (χ2n) is 5.74. The molecule has 0 saturated carbocycles. The first-order chi connectivity index (χ1) is 11.7. The van der Waals surface area contributed by atoms with E-state index in [1.54, 1.807) is 14.2 Å². The fourth-order valence-corrected chi connectivity index (χ4v) is 3.23. The highest BCUT2D eigenvalue weighted by Gasteiger charge is 2.21. The summed E-state index contributed by atoms with van der Waals surface area (Å²) in [4.78, 5) is 14.4. The van der Waals surface area contributed by atoms with Crippen LogP contribution in [0.25, 0.3) is 21.9 Å². The molecule has 1 aliphatic heterocycles. The molecule has 1 aromatic carbocycles. The number of ether oxygens (including phenoxy) is 2. The SMILES string of the molecule is COc1cc2[nH]c3nc(N)nc(N4CCNCC4)c3c2cc1OC. The lowest BCUT2D eigenvalue weighted by atomic mass is 10.1. The maximum atomic E-state index is 5.93. The molecule has 8 heteroatoms. The van der Waals surface area contributed by atoms with Crippen LogP contribution in [0.5, 0.6) is 11.5 Å². The number of H-pyrrole nitrogens is 1. The van der Waals surface area contributed by atoms with Gasteiger partial charge in [0.2, 0.25) is 5.95 Å². The smallest absolute Gasteiger partial charge is 0.223 e. The molecule has 0 amide bonds. The minimum Gasteiger partial charge on any atom is -0.493 e. The number of piperazine rings is 1. The van der Waals surface area contributed by atoms with Gasteiger partial charge in [-0.1, -0.05) is 0 Å². The van der Waals surface area contributed by atoms with Crippen molar-refractivity contribution in [1.82, 2.24) is 20.3 Å². The number of hydrogen-bond donors (Lipinski definition) is 3. The molecule has 126 valence electrons. The van der Waals surface area contributed by atoms with Gasteiger partial charge in [0.1, 0.15) is 11.5 Å². The van der Waals surface area contributed by atoms with Gasteiger partial charge < -0.3 is 30.4 Å². The van der Waals surface area contributed by atoms with Gasteiger partial charge in [0.15, 0.2) is 11.5 Å². The van der Waals surface area contributed by atoms with E-state index in [1.165, 1.54) is 0 Å². The third-order valence-corrected chi connectivity index (χ3v) is 4.37. The molecule has 1 fully saturated rings. The number of nitrogens with one attached hydrogen (secondary N) is 2. The van der Waals surface area contributed by atoms with Gasteiger partial charge in [0, 0.05) is 37.6 Å². The molecule has 0 aliphatic carbocycles. The maximum absolute atomic E-state index is 5.93. The van der Waals surface area contributed by atoms with Gasteiger partial charge in [-0.05, 0) is 6.07 Å². The Labute approximate surface area is 139 Å². The summed E-state index contributed by atoms with van der Waals surface area (Å²) >= 11 is 0. The summed E-state index contributed by atoms with van der Waals surface area (Å²) in [5, 5.41) is 5.31. The zero-order valence-electron chi connectivity index (χ0n) is 13.7. The predicted octanol–water partition coefficient (Wildman–Crippen LogP) is 1.12. The summed E-state index contributed by atoms with van der Waals surface area (Å²) in [7, 11) is 3.25. The number of fused-ring (bicyclic) bond motifs is 3. The van der Waals surface area contributed by atoms with Crippen LogP contribution < -0.4 is 25.4 Å². The van der Waals surface area contributed by atoms with Gasteiger partial charge >= 0.3 is 0 Å². The van der Waals surface area contributed by atoms with Gasteiger partial charge in [-0.2, -0.15) is 9.97 Å². The molecule has 4 N–H and O–H groups in total. The lowest BCUT2D eigenvalue weighted by molar-refractivity contribution is 0.356. The van der Waals surface area contributed by atoms with E-state index in [1.807, 2.05) is 12.1 Å². The Kier molecular flexibility index (Phi) is 3.53. The van der Waals surface area contributed by atoms with Crippen LogP contribution in [0.4, 0.5) is 11.8 Å². The highest BCUT2D eigenvalue weighted by Crippen LogP contribution is 2.38. The van der Waals surface area contributed by atoms with Crippen molar-refractivity contribution in [2.45, 2.75) is 0 Å². The van der Waals surface area contributed by atoms with Gasteiger partial charge in [-0.15, -0.1) is 0 Å². The van der Waals surface area contributed by atoms with Crippen molar-refractivity contribution in [3.63, 3.8) is 0 Å². The number of nitrogen functional groups attached to an aromatic ring is 1. The number of methoxy groups -OCH3 is 2. The van der Waals surface area contributed by atoms with Gasteiger partial charge in [-0.25, -0.2) is 0 Å². The molecule has 0 unspecified atom stereocenters. The van der Waals surface area contributed by atoms with Crippen molar-refractivity contribution in [3.8, 4) is 11.5 Å². The van der Waals surface area contributed by atoms with Crippen LogP contribution in [0.1, 0.15) is 0 Å². The van der Waals surface area contributed by atoms with Crippen LogP contribution in [0.3, 0.4) is 0 Å². The van der Waals surface area contributed by atoms with Crippen LogP contribution in [-0.4, -0.2) is 55.4 Å². The molecular formula is C16H20N6O2. The van der Waals surface area contributed by atoms with Crippen LogP contribution in [0, 0.1) is 0 Å². The number of rotatable bonds is 3. The number of nitrogens with two attached hydrogens (primary N) is 1.